The second-order valence-corrected chi connectivity index (χ2v) is 6.51. The standard InChI is InChI=1S/C21H26N2O3/c24-21(26-17-19-9-5-2-6-10-19)22-20(15-18-7-3-1-4-8-18)16-23-11-13-25-14-12-23/h1-10,20H,11-17H2,(H,22,24)/t20-/m0/s1. The van der Waals surface area contributed by atoms with Crippen molar-refractivity contribution in [3.8, 4) is 0 Å². The van der Waals surface area contributed by atoms with E-state index >= 15 is 0 Å². The largest absolute Gasteiger partial charge is 0.445 e. The van der Waals surface area contributed by atoms with E-state index in [-0.39, 0.29) is 18.7 Å². The highest BCUT2D eigenvalue weighted by molar-refractivity contribution is 5.67. The first-order valence-electron chi connectivity index (χ1n) is 9.11. The number of carbonyl (C=O) groups is 1. The zero-order valence-corrected chi connectivity index (χ0v) is 15.0. The van der Waals surface area contributed by atoms with Gasteiger partial charge in [0.15, 0.2) is 0 Å². The van der Waals surface area contributed by atoms with Gasteiger partial charge in [-0.05, 0) is 17.5 Å². The van der Waals surface area contributed by atoms with E-state index in [4.69, 9.17) is 9.47 Å². The van der Waals surface area contributed by atoms with Crippen LogP contribution in [0.1, 0.15) is 11.1 Å². The number of ether oxygens (including phenoxy) is 2. The van der Waals surface area contributed by atoms with Gasteiger partial charge in [0.25, 0.3) is 0 Å². The Balaban J connectivity index is 1.55. The molecule has 0 saturated carbocycles. The molecule has 5 nitrogen and oxygen atoms in total. The maximum Gasteiger partial charge on any atom is 0.407 e. The third kappa shape index (κ3) is 6.17. The molecule has 0 aromatic heterocycles. The molecule has 0 aliphatic carbocycles. The van der Waals surface area contributed by atoms with Crippen molar-refractivity contribution in [2.45, 2.75) is 19.1 Å². The van der Waals surface area contributed by atoms with E-state index in [1.54, 1.807) is 0 Å². The Bertz CT molecular complexity index is 657. The summed E-state index contributed by atoms with van der Waals surface area (Å²) in [4.78, 5) is 14.6. The summed E-state index contributed by atoms with van der Waals surface area (Å²) < 4.78 is 10.8. The van der Waals surface area contributed by atoms with Gasteiger partial charge in [0.1, 0.15) is 6.61 Å². The minimum atomic E-state index is -0.372. The Hall–Kier alpha value is -2.37. The number of hydrogen-bond donors (Lipinski definition) is 1. The van der Waals surface area contributed by atoms with Gasteiger partial charge in [-0.3, -0.25) is 4.90 Å². The molecule has 1 N–H and O–H groups in total. The molecule has 1 saturated heterocycles. The number of hydrogen-bond acceptors (Lipinski definition) is 4. The van der Waals surface area contributed by atoms with E-state index in [1.165, 1.54) is 5.56 Å². The summed E-state index contributed by atoms with van der Waals surface area (Å²) >= 11 is 0. The average molecular weight is 354 g/mol. The van der Waals surface area contributed by atoms with Crippen molar-refractivity contribution in [3.05, 3.63) is 71.8 Å². The summed E-state index contributed by atoms with van der Waals surface area (Å²) in [5.41, 5.74) is 2.18. The van der Waals surface area contributed by atoms with Gasteiger partial charge in [0, 0.05) is 25.7 Å². The van der Waals surface area contributed by atoms with E-state index in [2.05, 4.69) is 22.3 Å². The Kier molecular flexibility index (Phi) is 7.05. The minimum absolute atomic E-state index is 0.00114. The molecule has 0 unspecified atom stereocenters. The van der Waals surface area contributed by atoms with Crippen LogP contribution in [-0.2, 0) is 22.5 Å². The van der Waals surface area contributed by atoms with Gasteiger partial charge in [0.2, 0.25) is 0 Å². The number of benzene rings is 2. The number of rotatable bonds is 7. The van der Waals surface area contributed by atoms with Gasteiger partial charge in [0.05, 0.1) is 13.2 Å². The highest BCUT2D eigenvalue weighted by atomic mass is 16.5. The van der Waals surface area contributed by atoms with Crippen molar-refractivity contribution in [2.75, 3.05) is 32.8 Å². The quantitative estimate of drug-likeness (QED) is 0.831. The summed E-state index contributed by atoms with van der Waals surface area (Å²) in [7, 11) is 0. The molecule has 138 valence electrons. The van der Waals surface area contributed by atoms with E-state index < -0.39 is 0 Å². The zero-order chi connectivity index (χ0) is 18.0. The Morgan fingerprint density at radius 2 is 1.62 bits per heavy atom. The fourth-order valence-electron chi connectivity index (χ4n) is 3.09. The van der Waals surface area contributed by atoms with E-state index in [0.29, 0.717) is 0 Å². The number of carbonyl (C=O) groups excluding carboxylic acids is 1. The maximum absolute atomic E-state index is 12.3. The topological polar surface area (TPSA) is 50.8 Å². The molecule has 0 radical (unpaired) electrons. The third-order valence-corrected chi connectivity index (χ3v) is 4.44. The van der Waals surface area contributed by atoms with Crippen molar-refractivity contribution >= 4 is 6.09 Å². The minimum Gasteiger partial charge on any atom is -0.445 e. The molecule has 1 fully saturated rings. The van der Waals surface area contributed by atoms with Crippen molar-refractivity contribution < 1.29 is 14.3 Å². The lowest BCUT2D eigenvalue weighted by molar-refractivity contribution is 0.0331. The SMILES string of the molecule is O=C(N[C@@H](Cc1ccccc1)CN1CCOCC1)OCc1ccccc1. The second kappa shape index (κ2) is 9.94. The molecule has 1 aliphatic heterocycles. The lowest BCUT2D eigenvalue weighted by atomic mass is 10.1. The Labute approximate surface area is 154 Å². The summed E-state index contributed by atoms with van der Waals surface area (Å²) in [5.74, 6) is 0. The van der Waals surface area contributed by atoms with Crippen LogP contribution in [0.15, 0.2) is 60.7 Å². The molecule has 0 bridgehead atoms. The van der Waals surface area contributed by atoms with Crippen LogP contribution >= 0.6 is 0 Å². The number of morpholine rings is 1. The average Bonchev–Trinajstić information content (AvgIpc) is 2.69. The van der Waals surface area contributed by atoms with Gasteiger partial charge >= 0.3 is 6.09 Å². The highest BCUT2D eigenvalue weighted by Crippen LogP contribution is 2.08. The van der Waals surface area contributed by atoms with Crippen molar-refractivity contribution in [2.24, 2.45) is 0 Å². The summed E-state index contributed by atoms with van der Waals surface area (Å²) in [6.45, 7) is 4.35. The monoisotopic (exact) mass is 354 g/mol. The molecule has 1 amide bonds. The third-order valence-electron chi connectivity index (χ3n) is 4.44. The van der Waals surface area contributed by atoms with Gasteiger partial charge in [-0.1, -0.05) is 60.7 Å². The van der Waals surface area contributed by atoms with E-state index in [0.717, 1.165) is 44.8 Å². The number of amides is 1. The molecule has 1 atom stereocenters. The molecular formula is C21H26N2O3. The van der Waals surface area contributed by atoms with Crippen LogP contribution in [-0.4, -0.2) is 49.9 Å². The van der Waals surface area contributed by atoms with Crippen LogP contribution in [0.5, 0.6) is 0 Å². The second-order valence-electron chi connectivity index (χ2n) is 6.51. The van der Waals surface area contributed by atoms with Crippen molar-refractivity contribution in [1.82, 2.24) is 10.2 Å². The van der Waals surface area contributed by atoms with Gasteiger partial charge in [-0.15, -0.1) is 0 Å². The van der Waals surface area contributed by atoms with E-state index in [1.807, 2.05) is 48.5 Å². The summed E-state index contributed by atoms with van der Waals surface area (Å²) in [5, 5.41) is 3.04. The molecule has 0 spiro atoms. The van der Waals surface area contributed by atoms with Gasteiger partial charge < -0.3 is 14.8 Å². The van der Waals surface area contributed by atoms with Crippen molar-refractivity contribution in [1.29, 1.82) is 0 Å². The summed E-state index contributed by atoms with van der Waals surface area (Å²) in [6.07, 6.45) is 0.404. The number of nitrogens with zero attached hydrogens (tertiary/aromatic N) is 1. The fraction of sp³-hybridized carbons (Fsp3) is 0.381. The molecule has 2 aromatic carbocycles. The molecule has 1 aliphatic rings. The number of alkyl carbamates (subject to hydrolysis) is 1. The number of nitrogens with one attached hydrogen (secondary N) is 1. The lowest BCUT2D eigenvalue weighted by Gasteiger charge is -2.30. The van der Waals surface area contributed by atoms with Crippen LogP contribution in [0.2, 0.25) is 0 Å². The first-order valence-corrected chi connectivity index (χ1v) is 9.11. The van der Waals surface area contributed by atoms with Crippen molar-refractivity contribution in [3.63, 3.8) is 0 Å². The molecule has 3 rings (SSSR count). The first kappa shape index (κ1) is 18.4. The molecule has 5 heteroatoms. The van der Waals surface area contributed by atoms with Crippen LogP contribution in [0.25, 0.3) is 0 Å². The maximum atomic E-state index is 12.3. The smallest absolute Gasteiger partial charge is 0.407 e. The van der Waals surface area contributed by atoms with Crippen LogP contribution in [0.3, 0.4) is 0 Å². The zero-order valence-electron chi connectivity index (χ0n) is 15.0. The van der Waals surface area contributed by atoms with Gasteiger partial charge in [-0.25, -0.2) is 4.79 Å². The van der Waals surface area contributed by atoms with E-state index in [9.17, 15) is 4.79 Å². The molecule has 26 heavy (non-hydrogen) atoms. The molecule has 1 heterocycles. The predicted octanol–water partition coefficient (Wildman–Crippen LogP) is 2.86. The predicted molar refractivity (Wildman–Crippen MR) is 101 cm³/mol. The summed E-state index contributed by atoms with van der Waals surface area (Å²) in [6, 6.07) is 19.9. The highest BCUT2D eigenvalue weighted by Gasteiger charge is 2.19. The normalized spacial score (nSPS) is 16.0. The van der Waals surface area contributed by atoms with Crippen LogP contribution in [0, 0.1) is 0 Å². The van der Waals surface area contributed by atoms with Gasteiger partial charge in [-0.2, -0.15) is 0 Å². The van der Waals surface area contributed by atoms with Crippen LogP contribution in [0.4, 0.5) is 4.79 Å². The molecular weight excluding hydrogens is 328 g/mol. The Morgan fingerprint density at radius 1 is 1.00 bits per heavy atom. The first-order chi connectivity index (χ1) is 12.8. The van der Waals surface area contributed by atoms with Crippen LogP contribution < -0.4 is 5.32 Å². The Morgan fingerprint density at radius 3 is 2.27 bits per heavy atom. The lowest BCUT2D eigenvalue weighted by Crippen LogP contribution is -2.48. The molecule has 2 aromatic rings. The fourth-order valence-corrected chi connectivity index (χ4v) is 3.09.